The van der Waals surface area contributed by atoms with Gasteiger partial charge in [-0.1, -0.05) is 12.1 Å². The average molecular weight is 228 g/mol. The van der Waals surface area contributed by atoms with Crippen LogP contribution in [0.1, 0.15) is 15.9 Å². The van der Waals surface area contributed by atoms with Crippen LogP contribution in [0.2, 0.25) is 0 Å². The zero-order valence-corrected chi connectivity index (χ0v) is 9.34. The molecular weight excluding hydrogens is 216 g/mol. The first-order valence-electron chi connectivity index (χ1n) is 5.11. The number of hydrogen-bond donors (Lipinski definition) is 2. The lowest BCUT2D eigenvalue weighted by atomic mass is 10.1. The topological polar surface area (TPSA) is 80.9 Å². The van der Waals surface area contributed by atoms with Crippen molar-refractivity contribution in [1.82, 2.24) is 9.97 Å². The molecule has 5 nitrogen and oxygen atoms in total. The molecule has 0 spiro atoms. The number of aromatic nitrogens is 2. The monoisotopic (exact) mass is 228 g/mol. The molecule has 2 aromatic rings. The van der Waals surface area contributed by atoms with Gasteiger partial charge in [-0.15, -0.1) is 0 Å². The molecule has 0 unspecified atom stereocenters. The summed E-state index contributed by atoms with van der Waals surface area (Å²) in [6, 6.07) is 5.34. The van der Waals surface area contributed by atoms with Crippen molar-refractivity contribution in [2.75, 3.05) is 11.1 Å². The van der Waals surface area contributed by atoms with E-state index in [4.69, 9.17) is 5.73 Å². The van der Waals surface area contributed by atoms with Crippen molar-refractivity contribution in [2.24, 2.45) is 0 Å². The van der Waals surface area contributed by atoms with E-state index in [0.717, 1.165) is 5.56 Å². The van der Waals surface area contributed by atoms with Gasteiger partial charge in [0, 0.05) is 18.1 Å². The third-order valence-electron chi connectivity index (χ3n) is 2.34. The summed E-state index contributed by atoms with van der Waals surface area (Å²) in [6.45, 7) is 1.84. The Labute approximate surface area is 98.7 Å². The Kier molecular flexibility index (Phi) is 3.00. The van der Waals surface area contributed by atoms with Crippen molar-refractivity contribution in [2.45, 2.75) is 6.92 Å². The fraction of sp³-hybridized carbons (Fsp3) is 0.0833. The first kappa shape index (κ1) is 11.1. The number of nitrogens with two attached hydrogens (primary N) is 1. The number of carbonyl (C=O) groups excluding carboxylic acids is 1. The number of nitrogen functional groups attached to an aromatic ring is 1. The van der Waals surface area contributed by atoms with E-state index in [0.29, 0.717) is 17.1 Å². The molecule has 0 saturated carbocycles. The van der Waals surface area contributed by atoms with Crippen LogP contribution in [0.5, 0.6) is 0 Å². The van der Waals surface area contributed by atoms with Crippen LogP contribution >= 0.6 is 0 Å². The Morgan fingerprint density at radius 3 is 2.82 bits per heavy atom. The Balaban J connectivity index is 2.27. The van der Waals surface area contributed by atoms with Gasteiger partial charge in [-0.3, -0.25) is 9.78 Å². The van der Waals surface area contributed by atoms with Crippen molar-refractivity contribution < 1.29 is 4.79 Å². The highest BCUT2D eigenvalue weighted by molar-refractivity contribution is 6.08. The Morgan fingerprint density at radius 1 is 1.35 bits per heavy atom. The summed E-state index contributed by atoms with van der Waals surface area (Å²) in [5, 5.41) is 2.65. The molecule has 2 rings (SSSR count). The molecule has 0 radical (unpaired) electrons. The molecule has 0 saturated heterocycles. The standard InChI is InChI=1S/C12H12N4O/c1-8-3-2-4-9(13)11(8)12(17)16-10-7-14-5-6-15-10/h2-7H,13H2,1H3,(H,15,16,17). The number of amides is 1. The minimum atomic E-state index is -0.277. The molecule has 86 valence electrons. The average Bonchev–Trinajstić information content (AvgIpc) is 2.30. The third kappa shape index (κ3) is 2.39. The highest BCUT2D eigenvalue weighted by atomic mass is 16.1. The largest absolute Gasteiger partial charge is 0.398 e. The van der Waals surface area contributed by atoms with Gasteiger partial charge in [-0.25, -0.2) is 4.98 Å². The van der Waals surface area contributed by atoms with Crippen molar-refractivity contribution in [1.29, 1.82) is 0 Å². The summed E-state index contributed by atoms with van der Waals surface area (Å²) in [7, 11) is 0. The molecule has 0 aliphatic heterocycles. The minimum Gasteiger partial charge on any atom is -0.398 e. The number of aryl methyl sites for hydroxylation is 1. The molecule has 0 bridgehead atoms. The SMILES string of the molecule is Cc1cccc(N)c1C(=O)Nc1cnccn1. The van der Waals surface area contributed by atoms with Gasteiger partial charge >= 0.3 is 0 Å². The molecule has 1 aromatic heterocycles. The molecule has 0 atom stereocenters. The summed E-state index contributed by atoms with van der Waals surface area (Å²) in [5.74, 6) is 0.126. The van der Waals surface area contributed by atoms with Gasteiger partial charge in [-0.05, 0) is 18.6 Å². The maximum Gasteiger partial charge on any atom is 0.259 e. The zero-order chi connectivity index (χ0) is 12.3. The smallest absolute Gasteiger partial charge is 0.259 e. The van der Waals surface area contributed by atoms with Gasteiger partial charge in [0.15, 0.2) is 5.82 Å². The molecule has 1 amide bonds. The molecular formula is C12H12N4O. The number of anilines is 2. The summed E-state index contributed by atoms with van der Waals surface area (Å²) >= 11 is 0. The fourth-order valence-corrected chi connectivity index (χ4v) is 1.54. The third-order valence-corrected chi connectivity index (χ3v) is 2.34. The second-order valence-corrected chi connectivity index (χ2v) is 3.58. The van der Waals surface area contributed by atoms with Crippen molar-refractivity contribution in [3.63, 3.8) is 0 Å². The van der Waals surface area contributed by atoms with Gasteiger partial charge < -0.3 is 11.1 Å². The lowest BCUT2D eigenvalue weighted by Gasteiger charge is -2.08. The van der Waals surface area contributed by atoms with E-state index in [9.17, 15) is 4.79 Å². The fourth-order valence-electron chi connectivity index (χ4n) is 1.54. The normalized spacial score (nSPS) is 9.94. The van der Waals surface area contributed by atoms with Crippen LogP contribution in [-0.4, -0.2) is 15.9 Å². The van der Waals surface area contributed by atoms with Crippen LogP contribution in [-0.2, 0) is 0 Å². The number of hydrogen-bond acceptors (Lipinski definition) is 4. The van der Waals surface area contributed by atoms with Crippen LogP contribution in [0.25, 0.3) is 0 Å². The summed E-state index contributed by atoms with van der Waals surface area (Å²) in [6.07, 6.45) is 4.53. The predicted molar refractivity (Wildman–Crippen MR) is 65.6 cm³/mol. The Morgan fingerprint density at radius 2 is 2.18 bits per heavy atom. The minimum absolute atomic E-state index is 0.277. The second-order valence-electron chi connectivity index (χ2n) is 3.58. The molecule has 5 heteroatoms. The Bertz CT molecular complexity index is 519. The van der Waals surface area contributed by atoms with Crippen LogP contribution in [0.4, 0.5) is 11.5 Å². The zero-order valence-electron chi connectivity index (χ0n) is 9.34. The van der Waals surface area contributed by atoms with Crippen molar-refractivity contribution >= 4 is 17.4 Å². The number of nitrogens with zero attached hydrogens (tertiary/aromatic N) is 2. The van der Waals surface area contributed by atoms with Crippen molar-refractivity contribution in [3.8, 4) is 0 Å². The first-order valence-corrected chi connectivity index (χ1v) is 5.11. The van der Waals surface area contributed by atoms with Gasteiger partial charge in [-0.2, -0.15) is 0 Å². The van der Waals surface area contributed by atoms with E-state index in [1.165, 1.54) is 18.6 Å². The van der Waals surface area contributed by atoms with Gasteiger partial charge in [0.2, 0.25) is 0 Å². The predicted octanol–water partition coefficient (Wildman–Crippen LogP) is 1.62. The van der Waals surface area contributed by atoms with Crippen molar-refractivity contribution in [3.05, 3.63) is 47.9 Å². The highest BCUT2D eigenvalue weighted by Gasteiger charge is 2.12. The van der Waals surface area contributed by atoms with Gasteiger partial charge in [0.25, 0.3) is 5.91 Å². The highest BCUT2D eigenvalue weighted by Crippen LogP contribution is 2.17. The second kappa shape index (κ2) is 4.61. The lowest BCUT2D eigenvalue weighted by Crippen LogP contribution is -2.16. The summed E-state index contributed by atoms with van der Waals surface area (Å²) in [5.41, 5.74) is 7.53. The molecule has 3 N–H and O–H groups in total. The number of rotatable bonds is 2. The number of carbonyl (C=O) groups is 1. The van der Waals surface area contributed by atoms with E-state index in [1.54, 1.807) is 6.07 Å². The summed E-state index contributed by atoms with van der Waals surface area (Å²) in [4.78, 5) is 19.8. The van der Waals surface area contributed by atoms with Crippen LogP contribution in [0.3, 0.4) is 0 Å². The number of benzene rings is 1. The van der Waals surface area contributed by atoms with Gasteiger partial charge in [0.05, 0.1) is 11.8 Å². The molecule has 0 aliphatic rings. The quantitative estimate of drug-likeness (QED) is 0.765. The molecule has 17 heavy (non-hydrogen) atoms. The Hall–Kier alpha value is -2.43. The maximum absolute atomic E-state index is 12.0. The van der Waals surface area contributed by atoms with Crippen LogP contribution in [0, 0.1) is 6.92 Å². The van der Waals surface area contributed by atoms with E-state index in [-0.39, 0.29) is 5.91 Å². The molecule has 1 aromatic carbocycles. The van der Waals surface area contributed by atoms with E-state index < -0.39 is 0 Å². The molecule has 0 fully saturated rings. The van der Waals surface area contributed by atoms with Crippen LogP contribution in [0.15, 0.2) is 36.8 Å². The van der Waals surface area contributed by atoms with E-state index in [2.05, 4.69) is 15.3 Å². The van der Waals surface area contributed by atoms with Gasteiger partial charge in [0.1, 0.15) is 0 Å². The lowest BCUT2D eigenvalue weighted by molar-refractivity contribution is 0.102. The van der Waals surface area contributed by atoms with Crippen LogP contribution < -0.4 is 11.1 Å². The maximum atomic E-state index is 12.0. The first-order chi connectivity index (χ1) is 8.18. The summed E-state index contributed by atoms with van der Waals surface area (Å²) < 4.78 is 0. The van der Waals surface area contributed by atoms with E-state index >= 15 is 0 Å². The molecule has 1 heterocycles. The van der Waals surface area contributed by atoms with E-state index in [1.807, 2.05) is 19.1 Å². The molecule has 0 aliphatic carbocycles. The number of nitrogens with one attached hydrogen (secondary N) is 1.